The van der Waals surface area contributed by atoms with Gasteiger partial charge in [0.1, 0.15) is 22.2 Å². The van der Waals surface area contributed by atoms with Crippen LogP contribution in [0.2, 0.25) is 5.15 Å². The fourth-order valence-electron chi connectivity index (χ4n) is 4.25. The number of hydrogen-bond donors (Lipinski definition) is 0. The van der Waals surface area contributed by atoms with Crippen molar-refractivity contribution in [3.63, 3.8) is 0 Å². The predicted molar refractivity (Wildman–Crippen MR) is 116 cm³/mol. The first-order valence-corrected chi connectivity index (χ1v) is 10.8. The van der Waals surface area contributed by atoms with E-state index in [0.29, 0.717) is 22.5 Å². The monoisotopic (exact) mass is 441 g/mol. The molecule has 3 aromatic rings. The largest absolute Gasteiger partial charge is 0.371 e. The summed E-state index contributed by atoms with van der Waals surface area (Å²) in [5, 5.41) is 8.95. The lowest BCUT2D eigenvalue weighted by Crippen LogP contribution is -2.65. The van der Waals surface area contributed by atoms with Gasteiger partial charge in [-0.1, -0.05) is 23.7 Å². The normalized spacial score (nSPS) is 20.1. The minimum Gasteiger partial charge on any atom is -0.371 e. The van der Waals surface area contributed by atoms with Gasteiger partial charge in [-0.2, -0.15) is 5.10 Å². The van der Waals surface area contributed by atoms with Gasteiger partial charge in [0.15, 0.2) is 0 Å². The summed E-state index contributed by atoms with van der Waals surface area (Å²) in [6.45, 7) is 6.74. The predicted octanol–water partition coefficient (Wildman–Crippen LogP) is 3.31. The minimum absolute atomic E-state index is 0.0531. The van der Waals surface area contributed by atoms with Crippen LogP contribution in [0.3, 0.4) is 0 Å². The molecular weight excluding hydrogens is 418 g/mol. The SMILES string of the molecule is Cc1onc(-c2ccc(Cl)nc2)c1Cn1ncc(N2CC3(CCC(C)CO3)C2)cc1=O. The minimum atomic E-state index is -0.169. The van der Waals surface area contributed by atoms with Gasteiger partial charge in [-0.25, -0.2) is 9.67 Å². The van der Waals surface area contributed by atoms with E-state index in [9.17, 15) is 4.79 Å². The third-order valence-electron chi connectivity index (χ3n) is 6.24. The average molecular weight is 442 g/mol. The first kappa shape index (κ1) is 20.2. The van der Waals surface area contributed by atoms with Crippen molar-refractivity contribution in [1.29, 1.82) is 0 Å². The van der Waals surface area contributed by atoms with Crippen LogP contribution in [0.1, 0.15) is 31.1 Å². The summed E-state index contributed by atoms with van der Waals surface area (Å²) in [4.78, 5) is 19.0. The number of anilines is 1. The number of nitrogens with zero attached hydrogens (tertiary/aromatic N) is 5. The topological polar surface area (TPSA) is 86.3 Å². The highest BCUT2D eigenvalue weighted by atomic mass is 35.5. The van der Waals surface area contributed by atoms with Crippen LogP contribution in [0.4, 0.5) is 5.69 Å². The Bertz CT molecular complexity index is 1140. The molecule has 1 atom stereocenters. The Morgan fingerprint density at radius 2 is 2.13 bits per heavy atom. The van der Waals surface area contributed by atoms with Crippen LogP contribution in [0, 0.1) is 12.8 Å². The summed E-state index contributed by atoms with van der Waals surface area (Å²) in [5.41, 5.74) is 2.80. The van der Waals surface area contributed by atoms with Crippen LogP contribution in [0.15, 0.2) is 39.9 Å². The summed E-state index contributed by atoms with van der Waals surface area (Å²) in [7, 11) is 0. The maximum Gasteiger partial charge on any atom is 0.269 e. The highest BCUT2D eigenvalue weighted by molar-refractivity contribution is 6.29. The Morgan fingerprint density at radius 3 is 2.81 bits per heavy atom. The Kier molecular flexibility index (Phi) is 5.06. The average Bonchev–Trinajstić information content (AvgIpc) is 3.09. The van der Waals surface area contributed by atoms with E-state index in [1.165, 1.54) is 11.1 Å². The van der Waals surface area contributed by atoms with E-state index in [0.717, 1.165) is 42.9 Å². The summed E-state index contributed by atoms with van der Waals surface area (Å²) in [5.74, 6) is 1.26. The van der Waals surface area contributed by atoms with Gasteiger partial charge in [-0.05, 0) is 37.8 Å². The molecule has 8 nitrogen and oxygen atoms in total. The molecule has 0 saturated carbocycles. The van der Waals surface area contributed by atoms with Crippen LogP contribution in [-0.4, -0.2) is 45.2 Å². The van der Waals surface area contributed by atoms with Crippen molar-refractivity contribution < 1.29 is 9.26 Å². The first-order valence-electron chi connectivity index (χ1n) is 10.5. The lowest BCUT2D eigenvalue weighted by Gasteiger charge is -2.53. The Morgan fingerprint density at radius 1 is 1.29 bits per heavy atom. The second-order valence-corrected chi connectivity index (χ2v) is 9.03. The third kappa shape index (κ3) is 3.85. The van der Waals surface area contributed by atoms with Gasteiger partial charge in [0, 0.05) is 36.5 Å². The van der Waals surface area contributed by atoms with Crippen LogP contribution < -0.4 is 10.5 Å². The molecule has 162 valence electrons. The van der Waals surface area contributed by atoms with Crippen molar-refractivity contribution in [2.75, 3.05) is 24.6 Å². The lowest BCUT2D eigenvalue weighted by molar-refractivity contribution is -0.113. The zero-order valence-electron chi connectivity index (χ0n) is 17.5. The van der Waals surface area contributed by atoms with Gasteiger partial charge in [0.25, 0.3) is 5.56 Å². The number of ether oxygens (including phenoxy) is 1. The highest BCUT2D eigenvalue weighted by Crippen LogP contribution is 2.37. The molecule has 1 unspecified atom stereocenters. The number of aromatic nitrogens is 4. The molecule has 2 saturated heterocycles. The number of aryl methyl sites for hydroxylation is 1. The van der Waals surface area contributed by atoms with E-state index < -0.39 is 0 Å². The van der Waals surface area contributed by atoms with E-state index in [-0.39, 0.29) is 17.7 Å². The van der Waals surface area contributed by atoms with Crippen molar-refractivity contribution >= 4 is 17.3 Å². The van der Waals surface area contributed by atoms with E-state index in [1.807, 2.05) is 13.0 Å². The fraction of sp³-hybridized carbons (Fsp3) is 0.455. The zero-order chi connectivity index (χ0) is 21.6. The van der Waals surface area contributed by atoms with Crippen LogP contribution in [0.5, 0.6) is 0 Å². The van der Waals surface area contributed by atoms with E-state index in [1.54, 1.807) is 24.5 Å². The maximum atomic E-state index is 12.8. The molecular formula is C22H24ClN5O3. The van der Waals surface area contributed by atoms with Crippen molar-refractivity contribution in [1.82, 2.24) is 19.9 Å². The quantitative estimate of drug-likeness (QED) is 0.574. The molecule has 5 heterocycles. The van der Waals surface area contributed by atoms with Crippen molar-refractivity contribution in [3.05, 3.63) is 57.4 Å². The Labute approximate surface area is 184 Å². The van der Waals surface area contributed by atoms with Crippen LogP contribution in [0.25, 0.3) is 11.3 Å². The van der Waals surface area contributed by atoms with Gasteiger partial charge < -0.3 is 14.2 Å². The third-order valence-corrected chi connectivity index (χ3v) is 6.46. The molecule has 0 aliphatic carbocycles. The number of halogens is 1. The van der Waals surface area contributed by atoms with Gasteiger partial charge >= 0.3 is 0 Å². The molecule has 0 aromatic carbocycles. The van der Waals surface area contributed by atoms with E-state index in [2.05, 4.69) is 27.1 Å². The molecule has 2 aliphatic rings. The molecule has 31 heavy (non-hydrogen) atoms. The molecule has 2 fully saturated rings. The summed E-state index contributed by atoms with van der Waals surface area (Å²) in [6, 6.07) is 5.15. The maximum absolute atomic E-state index is 12.8. The molecule has 1 spiro atoms. The van der Waals surface area contributed by atoms with Gasteiger partial charge in [0.2, 0.25) is 0 Å². The summed E-state index contributed by atoms with van der Waals surface area (Å²) < 4.78 is 12.9. The molecule has 0 amide bonds. The van der Waals surface area contributed by atoms with Crippen molar-refractivity contribution in [2.45, 2.75) is 38.8 Å². The molecule has 3 aromatic heterocycles. The Hall–Kier alpha value is -2.71. The second-order valence-electron chi connectivity index (χ2n) is 8.64. The van der Waals surface area contributed by atoms with E-state index in [4.69, 9.17) is 20.9 Å². The number of hydrogen-bond acceptors (Lipinski definition) is 7. The molecule has 9 heteroatoms. The number of rotatable bonds is 4. The molecule has 2 aliphatic heterocycles. The number of pyridine rings is 1. The van der Waals surface area contributed by atoms with E-state index >= 15 is 0 Å². The smallest absolute Gasteiger partial charge is 0.269 e. The first-order chi connectivity index (χ1) is 14.9. The lowest BCUT2D eigenvalue weighted by atomic mass is 9.83. The molecule has 5 rings (SSSR count). The fourth-order valence-corrected chi connectivity index (χ4v) is 4.36. The molecule has 0 N–H and O–H groups in total. The van der Waals surface area contributed by atoms with Gasteiger partial charge in [-0.3, -0.25) is 4.79 Å². The van der Waals surface area contributed by atoms with Gasteiger partial charge in [0.05, 0.1) is 25.0 Å². The van der Waals surface area contributed by atoms with Crippen LogP contribution >= 0.6 is 11.6 Å². The molecule has 0 radical (unpaired) electrons. The van der Waals surface area contributed by atoms with Crippen molar-refractivity contribution in [3.8, 4) is 11.3 Å². The Balaban J connectivity index is 1.33. The second kappa shape index (κ2) is 7.76. The highest BCUT2D eigenvalue weighted by Gasteiger charge is 2.46. The molecule has 0 bridgehead atoms. The summed E-state index contributed by atoms with van der Waals surface area (Å²) >= 11 is 5.88. The van der Waals surface area contributed by atoms with Crippen molar-refractivity contribution in [2.24, 2.45) is 5.92 Å². The zero-order valence-corrected chi connectivity index (χ0v) is 18.3. The van der Waals surface area contributed by atoms with Crippen LogP contribution in [-0.2, 0) is 11.3 Å². The standard InChI is InChI=1S/C22H24ClN5O3/c1-14-5-6-22(30-11-14)12-27(13-22)17-7-20(29)28(25-9-17)10-18-15(2)31-26-21(18)16-3-4-19(23)24-8-16/h3-4,7-9,14H,5-6,10-13H2,1-2H3. The van der Waals surface area contributed by atoms with Gasteiger partial charge in [-0.15, -0.1) is 0 Å². The summed E-state index contributed by atoms with van der Waals surface area (Å²) in [6.07, 6.45) is 5.64.